The van der Waals surface area contributed by atoms with E-state index in [1.54, 1.807) is 6.20 Å². The van der Waals surface area contributed by atoms with Gasteiger partial charge in [-0.3, -0.25) is 9.78 Å². The van der Waals surface area contributed by atoms with Crippen LogP contribution in [0.3, 0.4) is 0 Å². The van der Waals surface area contributed by atoms with E-state index >= 15 is 0 Å². The molecule has 1 saturated carbocycles. The molecule has 0 radical (unpaired) electrons. The lowest BCUT2D eigenvalue weighted by Gasteiger charge is -2.29. The summed E-state index contributed by atoms with van der Waals surface area (Å²) in [6, 6.07) is 9.82. The van der Waals surface area contributed by atoms with Gasteiger partial charge in [0, 0.05) is 30.9 Å². The third-order valence-corrected chi connectivity index (χ3v) is 5.05. The molecule has 1 N–H and O–H groups in total. The SMILES string of the molecule is O=C(CCc1cccnc1)NC1CCC(Oc2ccc3c(c2)OCO3)CC1. The number of aromatic nitrogens is 1. The number of rotatable bonds is 6. The highest BCUT2D eigenvalue weighted by Gasteiger charge is 2.24. The molecular formula is C21H24N2O4. The number of aryl methyl sites for hydroxylation is 1. The standard InChI is InChI=1S/C21H24N2O4/c24-21(10-3-15-2-1-11-22-13-15)23-16-4-6-17(7-5-16)27-18-8-9-19-20(12-18)26-14-25-19/h1-2,8-9,11-13,16-17H,3-7,10,14H2,(H,23,24). The summed E-state index contributed by atoms with van der Waals surface area (Å²) in [6.45, 7) is 0.268. The van der Waals surface area contributed by atoms with Crippen LogP contribution < -0.4 is 19.5 Å². The van der Waals surface area contributed by atoms with Crippen molar-refractivity contribution in [3.8, 4) is 17.2 Å². The van der Waals surface area contributed by atoms with Gasteiger partial charge in [-0.25, -0.2) is 0 Å². The lowest BCUT2D eigenvalue weighted by atomic mass is 9.92. The van der Waals surface area contributed by atoms with Crippen LogP contribution in [0.25, 0.3) is 0 Å². The molecule has 6 heteroatoms. The molecule has 1 aliphatic heterocycles. The van der Waals surface area contributed by atoms with Crippen molar-refractivity contribution in [2.45, 2.75) is 50.7 Å². The summed E-state index contributed by atoms with van der Waals surface area (Å²) in [6.07, 6.45) is 8.70. The van der Waals surface area contributed by atoms with Gasteiger partial charge in [-0.15, -0.1) is 0 Å². The van der Waals surface area contributed by atoms with E-state index in [2.05, 4.69) is 10.3 Å². The van der Waals surface area contributed by atoms with E-state index in [1.807, 2.05) is 36.5 Å². The molecule has 2 heterocycles. The van der Waals surface area contributed by atoms with Crippen LogP contribution >= 0.6 is 0 Å². The third kappa shape index (κ3) is 4.70. The number of benzene rings is 1. The van der Waals surface area contributed by atoms with Crippen LogP contribution in [0.15, 0.2) is 42.7 Å². The predicted molar refractivity (Wildman–Crippen MR) is 99.9 cm³/mol. The molecule has 0 bridgehead atoms. The summed E-state index contributed by atoms with van der Waals surface area (Å²) >= 11 is 0. The molecule has 27 heavy (non-hydrogen) atoms. The minimum absolute atomic E-state index is 0.110. The normalized spacial score (nSPS) is 20.9. The van der Waals surface area contributed by atoms with Gasteiger partial charge >= 0.3 is 0 Å². The minimum atomic E-state index is 0.110. The second-order valence-corrected chi connectivity index (χ2v) is 7.04. The van der Waals surface area contributed by atoms with Crippen LogP contribution in [0.1, 0.15) is 37.7 Å². The second-order valence-electron chi connectivity index (χ2n) is 7.04. The first-order valence-electron chi connectivity index (χ1n) is 9.51. The summed E-state index contributed by atoms with van der Waals surface area (Å²) in [5.74, 6) is 2.42. The van der Waals surface area contributed by atoms with Crippen LogP contribution in [0.5, 0.6) is 17.2 Å². The summed E-state index contributed by atoms with van der Waals surface area (Å²) in [5.41, 5.74) is 1.09. The number of amides is 1. The summed E-state index contributed by atoms with van der Waals surface area (Å²) in [5, 5.41) is 3.16. The summed E-state index contributed by atoms with van der Waals surface area (Å²) in [7, 11) is 0. The number of ether oxygens (including phenoxy) is 3. The quantitative estimate of drug-likeness (QED) is 0.848. The van der Waals surface area contributed by atoms with E-state index in [4.69, 9.17) is 14.2 Å². The van der Waals surface area contributed by atoms with E-state index < -0.39 is 0 Å². The zero-order valence-electron chi connectivity index (χ0n) is 15.2. The Morgan fingerprint density at radius 2 is 2.00 bits per heavy atom. The molecule has 4 rings (SSSR count). The van der Waals surface area contributed by atoms with Crippen LogP contribution in [-0.2, 0) is 11.2 Å². The summed E-state index contributed by atoms with van der Waals surface area (Å²) in [4.78, 5) is 16.3. The van der Waals surface area contributed by atoms with E-state index in [-0.39, 0.29) is 24.8 Å². The minimum Gasteiger partial charge on any atom is -0.490 e. The maximum atomic E-state index is 12.2. The molecule has 6 nitrogen and oxygen atoms in total. The fraction of sp³-hybridized carbons (Fsp3) is 0.429. The van der Waals surface area contributed by atoms with Gasteiger partial charge in [-0.1, -0.05) is 6.07 Å². The number of pyridine rings is 1. The van der Waals surface area contributed by atoms with Crippen molar-refractivity contribution in [2.24, 2.45) is 0 Å². The first-order chi connectivity index (χ1) is 13.3. The molecule has 0 saturated heterocycles. The largest absolute Gasteiger partial charge is 0.490 e. The number of hydrogen-bond acceptors (Lipinski definition) is 5. The molecule has 1 aromatic heterocycles. The van der Waals surface area contributed by atoms with Gasteiger partial charge in [-0.05, 0) is 55.9 Å². The Labute approximate surface area is 158 Å². The molecule has 1 amide bonds. The Balaban J connectivity index is 1.19. The maximum Gasteiger partial charge on any atom is 0.231 e. The number of carbonyl (C=O) groups is 1. The smallest absolute Gasteiger partial charge is 0.231 e. The molecule has 1 aliphatic carbocycles. The Kier molecular flexibility index (Phi) is 5.42. The van der Waals surface area contributed by atoms with E-state index in [0.717, 1.165) is 54.9 Å². The molecule has 0 atom stereocenters. The second kappa shape index (κ2) is 8.29. The molecule has 2 aromatic rings. The van der Waals surface area contributed by atoms with Crippen LogP contribution in [-0.4, -0.2) is 29.8 Å². The van der Waals surface area contributed by atoms with Crippen molar-refractivity contribution in [1.82, 2.24) is 10.3 Å². The Bertz CT molecular complexity index is 773. The molecular weight excluding hydrogens is 344 g/mol. The lowest BCUT2D eigenvalue weighted by molar-refractivity contribution is -0.122. The molecule has 0 spiro atoms. The van der Waals surface area contributed by atoms with Crippen molar-refractivity contribution >= 4 is 5.91 Å². The Morgan fingerprint density at radius 1 is 1.15 bits per heavy atom. The fourth-order valence-electron chi connectivity index (χ4n) is 3.57. The summed E-state index contributed by atoms with van der Waals surface area (Å²) < 4.78 is 16.8. The highest BCUT2D eigenvalue weighted by Crippen LogP contribution is 2.36. The molecule has 1 aromatic carbocycles. The van der Waals surface area contributed by atoms with Crippen molar-refractivity contribution in [2.75, 3.05) is 6.79 Å². The number of hydrogen-bond donors (Lipinski definition) is 1. The average molecular weight is 368 g/mol. The molecule has 0 unspecified atom stereocenters. The fourth-order valence-corrected chi connectivity index (χ4v) is 3.57. The highest BCUT2D eigenvalue weighted by molar-refractivity contribution is 5.76. The van der Waals surface area contributed by atoms with Crippen molar-refractivity contribution in [1.29, 1.82) is 0 Å². The van der Waals surface area contributed by atoms with E-state index in [0.29, 0.717) is 6.42 Å². The van der Waals surface area contributed by atoms with Crippen LogP contribution in [0.2, 0.25) is 0 Å². The van der Waals surface area contributed by atoms with Gasteiger partial charge in [0.2, 0.25) is 12.7 Å². The zero-order chi connectivity index (χ0) is 18.5. The lowest BCUT2D eigenvalue weighted by Crippen LogP contribution is -2.39. The number of nitrogens with one attached hydrogen (secondary N) is 1. The Morgan fingerprint density at radius 3 is 2.81 bits per heavy atom. The molecule has 142 valence electrons. The maximum absolute atomic E-state index is 12.2. The number of carbonyl (C=O) groups excluding carboxylic acids is 1. The first-order valence-corrected chi connectivity index (χ1v) is 9.51. The molecule has 2 aliphatic rings. The molecule has 1 fully saturated rings. The zero-order valence-corrected chi connectivity index (χ0v) is 15.2. The predicted octanol–water partition coefficient (Wildman–Crippen LogP) is 3.25. The van der Waals surface area contributed by atoms with Crippen LogP contribution in [0.4, 0.5) is 0 Å². The van der Waals surface area contributed by atoms with Crippen molar-refractivity contribution in [3.63, 3.8) is 0 Å². The van der Waals surface area contributed by atoms with E-state index in [9.17, 15) is 4.79 Å². The van der Waals surface area contributed by atoms with Crippen molar-refractivity contribution in [3.05, 3.63) is 48.3 Å². The van der Waals surface area contributed by atoms with Gasteiger partial charge in [0.1, 0.15) is 5.75 Å². The van der Waals surface area contributed by atoms with Gasteiger partial charge in [-0.2, -0.15) is 0 Å². The van der Waals surface area contributed by atoms with Crippen LogP contribution in [0, 0.1) is 0 Å². The topological polar surface area (TPSA) is 69.7 Å². The average Bonchev–Trinajstić information content (AvgIpc) is 3.17. The first kappa shape index (κ1) is 17.6. The van der Waals surface area contributed by atoms with Gasteiger partial charge < -0.3 is 19.5 Å². The van der Waals surface area contributed by atoms with E-state index in [1.165, 1.54) is 0 Å². The van der Waals surface area contributed by atoms with Crippen molar-refractivity contribution < 1.29 is 19.0 Å². The monoisotopic (exact) mass is 368 g/mol. The van der Waals surface area contributed by atoms with Gasteiger partial charge in [0.05, 0.1) is 6.10 Å². The Hall–Kier alpha value is -2.76. The number of nitrogens with zero attached hydrogens (tertiary/aromatic N) is 1. The third-order valence-electron chi connectivity index (χ3n) is 5.05. The number of fused-ring (bicyclic) bond motifs is 1. The van der Waals surface area contributed by atoms with Gasteiger partial charge in [0.25, 0.3) is 0 Å². The van der Waals surface area contributed by atoms with Gasteiger partial charge in [0.15, 0.2) is 11.5 Å². The highest BCUT2D eigenvalue weighted by atomic mass is 16.7.